The van der Waals surface area contributed by atoms with Gasteiger partial charge in [-0.25, -0.2) is 8.78 Å². The molecule has 2 aromatic carbocycles. The van der Waals surface area contributed by atoms with E-state index in [0.29, 0.717) is 13.1 Å². The summed E-state index contributed by atoms with van der Waals surface area (Å²) in [6.07, 6.45) is 0. The zero-order valence-corrected chi connectivity index (χ0v) is 13.5. The Hall–Kier alpha value is -1.66. The van der Waals surface area contributed by atoms with E-state index < -0.39 is 11.6 Å². The first kappa shape index (κ1) is 15.2. The highest BCUT2D eigenvalue weighted by molar-refractivity contribution is 9.10. The van der Waals surface area contributed by atoms with Gasteiger partial charge in [-0.15, -0.1) is 0 Å². The molecule has 2 aromatic rings. The lowest BCUT2D eigenvalue weighted by atomic mass is 10.1. The highest BCUT2D eigenvalue weighted by atomic mass is 79.9. The zero-order valence-electron chi connectivity index (χ0n) is 11.9. The summed E-state index contributed by atoms with van der Waals surface area (Å²) in [5.41, 5.74) is 1.76. The molecule has 1 aliphatic rings. The number of ether oxygens (including phenoxy) is 2. The monoisotopic (exact) mass is 369 g/mol. The molecule has 1 aliphatic heterocycles. The largest absolute Gasteiger partial charge is 0.454 e. The van der Waals surface area contributed by atoms with Crippen LogP contribution in [0.4, 0.5) is 8.78 Å². The number of benzene rings is 2. The molecule has 0 aliphatic carbocycles. The van der Waals surface area contributed by atoms with Gasteiger partial charge in [-0.05, 0) is 42.4 Å². The van der Waals surface area contributed by atoms with Crippen molar-refractivity contribution in [1.29, 1.82) is 0 Å². The number of hydrogen-bond donors (Lipinski definition) is 0. The van der Waals surface area contributed by atoms with Gasteiger partial charge in [-0.3, -0.25) is 4.90 Å². The molecule has 116 valence electrons. The maximum absolute atomic E-state index is 13.2. The molecular formula is C16H14BrF2NO2. The summed E-state index contributed by atoms with van der Waals surface area (Å²) in [4.78, 5) is 2.01. The molecule has 0 unspecified atom stereocenters. The summed E-state index contributed by atoms with van der Waals surface area (Å²) < 4.78 is 37.8. The van der Waals surface area contributed by atoms with Gasteiger partial charge < -0.3 is 9.47 Å². The molecule has 0 atom stereocenters. The molecule has 1 heterocycles. The number of halogens is 3. The summed E-state index contributed by atoms with van der Waals surface area (Å²) >= 11 is 3.51. The Morgan fingerprint density at radius 2 is 1.77 bits per heavy atom. The Kier molecular flexibility index (Phi) is 4.31. The van der Waals surface area contributed by atoms with Crippen LogP contribution in [0, 0.1) is 11.6 Å². The molecule has 0 bridgehead atoms. The Morgan fingerprint density at radius 1 is 1.05 bits per heavy atom. The quantitative estimate of drug-likeness (QED) is 0.810. The molecule has 0 saturated heterocycles. The third-order valence-corrected chi connectivity index (χ3v) is 4.16. The molecular weight excluding hydrogens is 356 g/mol. The number of rotatable bonds is 4. The molecule has 0 radical (unpaired) electrons. The van der Waals surface area contributed by atoms with E-state index in [1.165, 1.54) is 6.07 Å². The molecule has 0 fully saturated rings. The average Bonchev–Trinajstić information content (AvgIpc) is 2.90. The molecule has 3 nitrogen and oxygen atoms in total. The van der Waals surface area contributed by atoms with E-state index in [-0.39, 0.29) is 6.79 Å². The van der Waals surface area contributed by atoms with Crippen LogP contribution in [0.25, 0.3) is 0 Å². The minimum absolute atomic E-state index is 0.232. The Balaban J connectivity index is 1.71. The van der Waals surface area contributed by atoms with Crippen LogP contribution >= 0.6 is 15.9 Å². The van der Waals surface area contributed by atoms with E-state index in [1.807, 2.05) is 24.1 Å². The predicted octanol–water partition coefficient (Wildman–Crippen LogP) is 4.09. The highest BCUT2D eigenvalue weighted by Crippen LogP contribution is 2.37. The fourth-order valence-electron chi connectivity index (χ4n) is 2.38. The highest BCUT2D eigenvalue weighted by Gasteiger charge is 2.17. The predicted molar refractivity (Wildman–Crippen MR) is 81.8 cm³/mol. The lowest BCUT2D eigenvalue weighted by Crippen LogP contribution is -2.17. The molecule has 0 N–H and O–H groups in total. The number of hydrogen-bond acceptors (Lipinski definition) is 3. The fourth-order valence-corrected chi connectivity index (χ4v) is 2.82. The second kappa shape index (κ2) is 6.22. The summed E-state index contributed by atoms with van der Waals surface area (Å²) in [5, 5.41) is 0. The Morgan fingerprint density at radius 3 is 2.50 bits per heavy atom. The molecule has 0 saturated carbocycles. The zero-order chi connectivity index (χ0) is 15.7. The average molecular weight is 370 g/mol. The normalized spacial score (nSPS) is 13.0. The Labute approximate surface area is 135 Å². The SMILES string of the molecule is CN(Cc1ccc(F)c(F)c1)Cc1cc2c(cc1Br)OCO2. The van der Waals surface area contributed by atoms with E-state index in [1.54, 1.807) is 6.07 Å². The van der Waals surface area contributed by atoms with Crippen molar-refractivity contribution < 1.29 is 18.3 Å². The van der Waals surface area contributed by atoms with Gasteiger partial charge in [0.05, 0.1) is 0 Å². The van der Waals surface area contributed by atoms with Crippen LogP contribution in [-0.2, 0) is 13.1 Å². The second-order valence-electron chi connectivity index (χ2n) is 5.22. The topological polar surface area (TPSA) is 21.7 Å². The minimum Gasteiger partial charge on any atom is -0.454 e. The van der Waals surface area contributed by atoms with Crippen LogP contribution in [0.15, 0.2) is 34.8 Å². The van der Waals surface area contributed by atoms with Gasteiger partial charge >= 0.3 is 0 Å². The number of fused-ring (bicyclic) bond motifs is 1. The summed E-state index contributed by atoms with van der Waals surface area (Å²) in [6.45, 7) is 1.38. The van der Waals surface area contributed by atoms with Gasteiger partial charge in [-0.2, -0.15) is 0 Å². The Bertz CT molecular complexity index is 709. The van der Waals surface area contributed by atoms with Crippen molar-refractivity contribution in [3.05, 3.63) is 57.6 Å². The molecule has 0 amide bonds. The smallest absolute Gasteiger partial charge is 0.231 e. The van der Waals surface area contributed by atoms with Crippen molar-refractivity contribution in [2.24, 2.45) is 0 Å². The fraction of sp³-hybridized carbons (Fsp3) is 0.250. The molecule has 3 rings (SSSR count). The van der Waals surface area contributed by atoms with Crippen molar-refractivity contribution >= 4 is 15.9 Å². The van der Waals surface area contributed by atoms with Crippen molar-refractivity contribution in [2.75, 3.05) is 13.8 Å². The van der Waals surface area contributed by atoms with E-state index in [0.717, 1.165) is 33.2 Å². The first-order valence-electron chi connectivity index (χ1n) is 6.73. The summed E-state index contributed by atoms with van der Waals surface area (Å²) in [7, 11) is 1.91. The van der Waals surface area contributed by atoms with Gasteiger partial charge in [-0.1, -0.05) is 22.0 Å². The van der Waals surface area contributed by atoms with Gasteiger partial charge in [0.15, 0.2) is 23.1 Å². The van der Waals surface area contributed by atoms with Gasteiger partial charge in [0, 0.05) is 17.6 Å². The third kappa shape index (κ3) is 3.23. The molecule has 22 heavy (non-hydrogen) atoms. The minimum atomic E-state index is -0.829. The van der Waals surface area contributed by atoms with E-state index in [9.17, 15) is 8.78 Å². The van der Waals surface area contributed by atoms with Crippen molar-refractivity contribution in [2.45, 2.75) is 13.1 Å². The van der Waals surface area contributed by atoms with Crippen LogP contribution < -0.4 is 9.47 Å². The van der Waals surface area contributed by atoms with Crippen molar-refractivity contribution in [3.63, 3.8) is 0 Å². The maximum Gasteiger partial charge on any atom is 0.231 e. The number of nitrogens with zero attached hydrogens (tertiary/aromatic N) is 1. The van der Waals surface area contributed by atoms with Crippen LogP contribution in [-0.4, -0.2) is 18.7 Å². The maximum atomic E-state index is 13.2. The third-order valence-electron chi connectivity index (χ3n) is 3.42. The van der Waals surface area contributed by atoms with Crippen LogP contribution in [0.2, 0.25) is 0 Å². The van der Waals surface area contributed by atoms with Crippen molar-refractivity contribution in [1.82, 2.24) is 4.90 Å². The van der Waals surface area contributed by atoms with E-state index in [2.05, 4.69) is 15.9 Å². The van der Waals surface area contributed by atoms with E-state index >= 15 is 0 Å². The van der Waals surface area contributed by atoms with Gasteiger partial charge in [0.1, 0.15) is 0 Å². The molecule has 6 heteroatoms. The van der Waals surface area contributed by atoms with E-state index in [4.69, 9.17) is 9.47 Å². The standard InChI is InChI=1S/C16H14BrF2NO2/c1-20(7-10-2-3-13(18)14(19)4-10)8-11-5-15-16(6-12(11)17)22-9-21-15/h2-6H,7-9H2,1H3. The van der Waals surface area contributed by atoms with Crippen molar-refractivity contribution in [3.8, 4) is 11.5 Å². The molecule has 0 aromatic heterocycles. The van der Waals surface area contributed by atoms with Gasteiger partial charge in [0.25, 0.3) is 0 Å². The van der Waals surface area contributed by atoms with Crippen LogP contribution in [0.5, 0.6) is 11.5 Å². The first-order chi connectivity index (χ1) is 10.5. The molecule has 0 spiro atoms. The lowest BCUT2D eigenvalue weighted by molar-refractivity contribution is 0.174. The lowest BCUT2D eigenvalue weighted by Gasteiger charge is -2.18. The van der Waals surface area contributed by atoms with Crippen LogP contribution in [0.3, 0.4) is 0 Å². The second-order valence-corrected chi connectivity index (χ2v) is 6.07. The van der Waals surface area contributed by atoms with Gasteiger partial charge in [0.2, 0.25) is 6.79 Å². The summed E-state index contributed by atoms with van der Waals surface area (Å²) in [5.74, 6) is -0.210. The van der Waals surface area contributed by atoms with Crippen LogP contribution in [0.1, 0.15) is 11.1 Å². The first-order valence-corrected chi connectivity index (χ1v) is 7.53. The summed E-state index contributed by atoms with van der Waals surface area (Å²) in [6, 6.07) is 7.76.